The van der Waals surface area contributed by atoms with Gasteiger partial charge in [0, 0.05) is 16.0 Å². The molecule has 0 fully saturated rings. The largest absolute Gasteiger partial charge is 0.289 e. The Hall–Kier alpha value is -1.54. The van der Waals surface area contributed by atoms with Crippen LogP contribution >= 0.6 is 11.8 Å². The molecule has 0 heterocycles. The molecular formula is C17H18OS. The molecule has 0 aliphatic heterocycles. The van der Waals surface area contributed by atoms with E-state index in [9.17, 15) is 4.79 Å². The van der Waals surface area contributed by atoms with E-state index in [2.05, 4.69) is 6.92 Å². The van der Waals surface area contributed by atoms with Gasteiger partial charge in [0.25, 0.3) is 0 Å². The Balaban J connectivity index is 2.30. The van der Waals surface area contributed by atoms with E-state index in [1.165, 1.54) is 4.90 Å². The van der Waals surface area contributed by atoms with Crippen LogP contribution in [0.1, 0.15) is 34.0 Å². The molecule has 0 saturated heterocycles. The second kappa shape index (κ2) is 6.07. The van der Waals surface area contributed by atoms with Crippen molar-refractivity contribution in [3.63, 3.8) is 0 Å². The van der Waals surface area contributed by atoms with Crippen LogP contribution in [0, 0.1) is 13.8 Å². The van der Waals surface area contributed by atoms with E-state index >= 15 is 0 Å². The zero-order valence-electron chi connectivity index (χ0n) is 11.6. The van der Waals surface area contributed by atoms with Gasteiger partial charge in [-0.3, -0.25) is 4.79 Å². The van der Waals surface area contributed by atoms with Crippen LogP contribution in [-0.2, 0) is 0 Å². The predicted octanol–water partition coefficient (Wildman–Crippen LogP) is 4.65. The maximum atomic E-state index is 12.5. The molecule has 0 bridgehead atoms. The van der Waals surface area contributed by atoms with E-state index in [4.69, 9.17) is 0 Å². The number of rotatable bonds is 4. The molecule has 0 aromatic heterocycles. The van der Waals surface area contributed by atoms with Crippen molar-refractivity contribution in [1.82, 2.24) is 0 Å². The SMILES string of the molecule is CCSc1ccc(C(=O)c2cc(C)ccc2C)cc1. The number of carbonyl (C=O) groups excluding carboxylic acids is 1. The number of benzene rings is 2. The summed E-state index contributed by atoms with van der Waals surface area (Å²) in [7, 11) is 0. The quantitative estimate of drug-likeness (QED) is 0.594. The van der Waals surface area contributed by atoms with Crippen molar-refractivity contribution in [1.29, 1.82) is 0 Å². The van der Waals surface area contributed by atoms with E-state index < -0.39 is 0 Å². The number of aryl methyl sites for hydroxylation is 2. The fraction of sp³-hybridized carbons (Fsp3) is 0.235. The highest BCUT2D eigenvalue weighted by molar-refractivity contribution is 7.99. The average Bonchev–Trinajstić information content (AvgIpc) is 2.42. The third-order valence-electron chi connectivity index (χ3n) is 3.07. The molecule has 0 aliphatic rings. The third kappa shape index (κ3) is 3.27. The number of hydrogen-bond donors (Lipinski definition) is 0. The van der Waals surface area contributed by atoms with Gasteiger partial charge in [0.2, 0.25) is 0 Å². The first kappa shape index (κ1) is 13.9. The second-order valence-electron chi connectivity index (χ2n) is 4.60. The third-order valence-corrected chi connectivity index (χ3v) is 3.96. The van der Waals surface area contributed by atoms with Gasteiger partial charge in [-0.05, 0) is 55.5 Å². The Labute approximate surface area is 119 Å². The lowest BCUT2D eigenvalue weighted by atomic mass is 9.97. The number of ketones is 1. The molecule has 0 radical (unpaired) electrons. The lowest BCUT2D eigenvalue weighted by molar-refractivity contribution is 0.103. The summed E-state index contributed by atoms with van der Waals surface area (Å²) in [6.45, 7) is 6.12. The molecule has 2 aromatic rings. The minimum absolute atomic E-state index is 0.106. The van der Waals surface area contributed by atoms with Gasteiger partial charge < -0.3 is 0 Å². The van der Waals surface area contributed by atoms with Gasteiger partial charge in [-0.25, -0.2) is 0 Å². The molecular weight excluding hydrogens is 252 g/mol. The van der Waals surface area contributed by atoms with Crippen LogP contribution in [-0.4, -0.2) is 11.5 Å². The molecule has 0 atom stereocenters. The Morgan fingerprint density at radius 3 is 2.37 bits per heavy atom. The first-order valence-corrected chi connectivity index (χ1v) is 7.45. The molecule has 98 valence electrons. The molecule has 0 saturated carbocycles. The van der Waals surface area contributed by atoms with Gasteiger partial charge in [-0.1, -0.05) is 24.6 Å². The molecule has 1 nitrogen and oxygen atoms in total. The monoisotopic (exact) mass is 270 g/mol. The van der Waals surface area contributed by atoms with Crippen molar-refractivity contribution in [2.24, 2.45) is 0 Å². The van der Waals surface area contributed by atoms with Crippen LogP contribution in [0.5, 0.6) is 0 Å². The van der Waals surface area contributed by atoms with Gasteiger partial charge in [-0.2, -0.15) is 0 Å². The first-order chi connectivity index (χ1) is 9.11. The summed E-state index contributed by atoms with van der Waals surface area (Å²) in [6, 6.07) is 13.9. The Bertz CT molecular complexity index is 585. The summed E-state index contributed by atoms with van der Waals surface area (Å²) in [4.78, 5) is 13.7. The molecule has 0 spiro atoms. The maximum absolute atomic E-state index is 12.5. The summed E-state index contributed by atoms with van der Waals surface area (Å²) < 4.78 is 0. The molecule has 0 aliphatic carbocycles. The lowest BCUT2D eigenvalue weighted by Gasteiger charge is -2.07. The molecule has 19 heavy (non-hydrogen) atoms. The minimum atomic E-state index is 0.106. The van der Waals surface area contributed by atoms with Crippen LogP contribution in [0.15, 0.2) is 47.4 Å². The van der Waals surface area contributed by atoms with E-state index in [1.807, 2.05) is 56.3 Å². The van der Waals surface area contributed by atoms with E-state index in [0.29, 0.717) is 0 Å². The van der Waals surface area contributed by atoms with Crippen LogP contribution < -0.4 is 0 Å². The van der Waals surface area contributed by atoms with Gasteiger partial charge in [0.1, 0.15) is 0 Å². The van der Waals surface area contributed by atoms with Crippen LogP contribution in [0.25, 0.3) is 0 Å². The highest BCUT2D eigenvalue weighted by Gasteiger charge is 2.11. The normalized spacial score (nSPS) is 10.5. The van der Waals surface area contributed by atoms with E-state index in [0.717, 1.165) is 28.0 Å². The Morgan fingerprint density at radius 2 is 1.74 bits per heavy atom. The van der Waals surface area contributed by atoms with Gasteiger partial charge in [0.15, 0.2) is 5.78 Å². The smallest absolute Gasteiger partial charge is 0.193 e. The predicted molar refractivity (Wildman–Crippen MR) is 82.2 cm³/mol. The highest BCUT2D eigenvalue weighted by Crippen LogP contribution is 2.20. The van der Waals surface area contributed by atoms with Crippen LogP contribution in [0.2, 0.25) is 0 Å². The fourth-order valence-corrected chi connectivity index (χ4v) is 2.67. The van der Waals surface area contributed by atoms with Gasteiger partial charge in [-0.15, -0.1) is 11.8 Å². The molecule has 2 heteroatoms. The summed E-state index contributed by atoms with van der Waals surface area (Å²) in [5.74, 6) is 1.15. The van der Waals surface area contributed by atoms with Crippen molar-refractivity contribution >= 4 is 17.5 Å². The standard InChI is InChI=1S/C17H18OS/c1-4-19-15-9-7-14(8-10-15)17(18)16-11-12(2)5-6-13(16)3/h5-11H,4H2,1-3H3. The Morgan fingerprint density at radius 1 is 1.05 bits per heavy atom. The van der Waals surface area contributed by atoms with E-state index in [1.54, 1.807) is 11.8 Å². The highest BCUT2D eigenvalue weighted by atomic mass is 32.2. The summed E-state index contributed by atoms with van der Waals surface area (Å²) in [6.07, 6.45) is 0. The molecule has 0 amide bonds. The minimum Gasteiger partial charge on any atom is -0.289 e. The fourth-order valence-electron chi connectivity index (χ4n) is 2.01. The average molecular weight is 270 g/mol. The zero-order valence-corrected chi connectivity index (χ0v) is 12.4. The number of thioether (sulfide) groups is 1. The van der Waals surface area contributed by atoms with Crippen LogP contribution in [0.3, 0.4) is 0 Å². The second-order valence-corrected chi connectivity index (χ2v) is 5.94. The summed E-state index contributed by atoms with van der Waals surface area (Å²) in [5.41, 5.74) is 3.71. The molecule has 2 rings (SSSR count). The topological polar surface area (TPSA) is 17.1 Å². The van der Waals surface area contributed by atoms with Crippen molar-refractivity contribution in [2.45, 2.75) is 25.7 Å². The maximum Gasteiger partial charge on any atom is 0.193 e. The molecule has 0 unspecified atom stereocenters. The lowest BCUT2D eigenvalue weighted by Crippen LogP contribution is -2.04. The van der Waals surface area contributed by atoms with Gasteiger partial charge in [0.05, 0.1) is 0 Å². The Kier molecular flexibility index (Phi) is 4.43. The van der Waals surface area contributed by atoms with Crippen molar-refractivity contribution < 1.29 is 4.79 Å². The first-order valence-electron chi connectivity index (χ1n) is 6.46. The van der Waals surface area contributed by atoms with Crippen molar-refractivity contribution in [2.75, 3.05) is 5.75 Å². The number of carbonyl (C=O) groups is 1. The molecule has 0 N–H and O–H groups in total. The zero-order chi connectivity index (χ0) is 13.8. The van der Waals surface area contributed by atoms with Crippen molar-refractivity contribution in [3.05, 3.63) is 64.7 Å². The summed E-state index contributed by atoms with van der Waals surface area (Å²) >= 11 is 1.79. The van der Waals surface area contributed by atoms with E-state index in [-0.39, 0.29) is 5.78 Å². The number of hydrogen-bond acceptors (Lipinski definition) is 2. The van der Waals surface area contributed by atoms with Crippen molar-refractivity contribution in [3.8, 4) is 0 Å². The van der Waals surface area contributed by atoms with Crippen LogP contribution in [0.4, 0.5) is 0 Å². The molecule has 2 aromatic carbocycles. The van der Waals surface area contributed by atoms with Gasteiger partial charge >= 0.3 is 0 Å². The summed E-state index contributed by atoms with van der Waals surface area (Å²) in [5, 5.41) is 0.